The van der Waals surface area contributed by atoms with Gasteiger partial charge in [-0.2, -0.15) is 0 Å². The van der Waals surface area contributed by atoms with Crippen molar-refractivity contribution >= 4 is 11.6 Å². The number of rotatable bonds is 5. The van der Waals surface area contributed by atoms with Crippen molar-refractivity contribution < 1.29 is 4.39 Å². The fourth-order valence-corrected chi connectivity index (χ4v) is 3.66. The summed E-state index contributed by atoms with van der Waals surface area (Å²) in [6.07, 6.45) is 4.74. The molecular formula is C18H27ClFN. The van der Waals surface area contributed by atoms with Crippen LogP contribution in [0.1, 0.15) is 57.9 Å². The molecule has 0 radical (unpaired) electrons. The van der Waals surface area contributed by atoms with Crippen molar-refractivity contribution in [3.05, 3.63) is 34.6 Å². The zero-order chi connectivity index (χ0) is 15.4. The summed E-state index contributed by atoms with van der Waals surface area (Å²) in [6, 6.07) is 5.65. The molecule has 118 valence electrons. The third kappa shape index (κ3) is 4.43. The molecule has 3 unspecified atom stereocenters. The van der Waals surface area contributed by atoms with Crippen molar-refractivity contribution in [3.8, 4) is 0 Å². The van der Waals surface area contributed by atoms with Crippen LogP contribution in [0.15, 0.2) is 18.2 Å². The molecule has 2 rings (SSSR count). The van der Waals surface area contributed by atoms with E-state index in [0.717, 1.165) is 24.4 Å². The first-order chi connectivity index (χ1) is 10.0. The molecule has 1 saturated carbocycles. The highest BCUT2D eigenvalue weighted by atomic mass is 35.5. The lowest BCUT2D eigenvalue weighted by Crippen LogP contribution is -2.35. The molecule has 1 fully saturated rings. The number of halogens is 2. The van der Waals surface area contributed by atoms with E-state index >= 15 is 0 Å². The van der Waals surface area contributed by atoms with Crippen LogP contribution in [0.5, 0.6) is 0 Å². The molecule has 0 amide bonds. The van der Waals surface area contributed by atoms with E-state index in [0.29, 0.717) is 22.9 Å². The molecule has 1 aliphatic rings. The Labute approximate surface area is 133 Å². The fourth-order valence-electron chi connectivity index (χ4n) is 3.51. The molecule has 0 aliphatic heterocycles. The molecular weight excluding hydrogens is 285 g/mol. The zero-order valence-corrected chi connectivity index (χ0v) is 14.1. The predicted octanol–water partition coefficient (Wildman–Crippen LogP) is 5.39. The molecule has 1 nitrogen and oxygen atoms in total. The molecule has 0 heterocycles. The maximum Gasteiger partial charge on any atom is 0.128 e. The molecule has 0 saturated heterocycles. The number of hydrogen-bond donors (Lipinski definition) is 1. The van der Waals surface area contributed by atoms with Crippen molar-refractivity contribution in [2.45, 2.75) is 58.4 Å². The summed E-state index contributed by atoms with van der Waals surface area (Å²) in [6.45, 7) is 7.54. The Balaban J connectivity index is 2.19. The predicted molar refractivity (Wildman–Crippen MR) is 88.4 cm³/mol. The van der Waals surface area contributed by atoms with Crippen molar-refractivity contribution in [3.63, 3.8) is 0 Å². The van der Waals surface area contributed by atoms with Gasteiger partial charge < -0.3 is 5.32 Å². The van der Waals surface area contributed by atoms with Crippen molar-refractivity contribution in [1.29, 1.82) is 0 Å². The normalized spacial score (nSPS) is 26.3. The van der Waals surface area contributed by atoms with Gasteiger partial charge in [0.15, 0.2) is 0 Å². The SMILES string of the molecule is CCC1CCC(CNC(C)C)C(c2ccc(Cl)cc2F)C1. The summed E-state index contributed by atoms with van der Waals surface area (Å²) in [5, 5.41) is 4.01. The summed E-state index contributed by atoms with van der Waals surface area (Å²) in [5.41, 5.74) is 0.855. The highest BCUT2D eigenvalue weighted by Gasteiger charge is 2.32. The van der Waals surface area contributed by atoms with E-state index in [-0.39, 0.29) is 5.82 Å². The Hall–Kier alpha value is -0.600. The molecule has 0 aromatic heterocycles. The lowest BCUT2D eigenvalue weighted by Gasteiger charge is -2.37. The Morgan fingerprint density at radius 3 is 2.71 bits per heavy atom. The molecule has 1 aromatic carbocycles. The average Bonchev–Trinajstić information content (AvgIpc) is 2.45. The van der Waals surface area contributed by atoms with E-state index in [1.807, 2.05) is 12.1 Å². The van der Waals surface area contributed by atoms with Gasteiger partial charge in [0, 0.05) is 11.1 Å². The van der Waals surface area contributed by atoms with Crippen LogP contribution in [-0.2, 0) is 0 Å². The summed E-state index contributed by atoms with van der Waals surface area (Å²) in [4.78, 5) is 0. The Morgan fingerprint density at radius 2 is 2.10 bits per heavy atom. The number of hydrogen-bond acceptors (Lipinski definition) is 1. The fraction of sp³-hybridized carbons (Fsp3) is 0.667. The molecule has 1 aliphatic carbocycles. The molecule has 0 bridgehead atoms. The highest BCUT2D eigenvalue weighted by Crippen LogP contribution is 2.42. The van der Waals surface area contributed by atoms with Gasteiger partial charge in [-0.25, -0.2) is 4.39 Å². The van der Waals surface area contributed by atoms with Gasteiger partial charge in [-0.1, -0.05) is 51.3 Å². The molecule has 1 aromatic rings. The minimum Gasteiger partial charge on any atom is -0.314 e. The second kappa shape index (κ2) is 7.60. The topological polar surface area (TPSA) is 12.0 Å². The van der Waals surface area contributed by atoms with Crippen LogP contribution in [0, 0.1) is 17.7 Å². The van der Waals surface area contributed by atoms with Gasteiger partial charge in [0.2, 0.25) is 0 Å². The third-order valence-corrected chi connectivity index (χ3v) is 5.06. The van der Waals surface area contributed by atoms with E-state index in [4.69, 9.17) is 11.6 Å². The van der Waals surface area contributed by atoms with Gasteiger partial charge in [-0.05, 0) is 54.8 Å². The monoisotopic (exact) mass is 311 g/mol. The van der Waals surface area contributed by atoms with E-state index in [9.17, 15) is 4.39 Å². The average molecular weight is 312 g/mol. The standard InChI is InChI=1S/C18H27ClFN/c1-4-13-5-6-14(11-21-12(2)3)17(9-13)16-8-7-15(19)10-18(16)20/h7-8,10,12-14,17,21H,4-6,9,11H2,1-3H3. The van der Waals surface area contributed by atoms with Crippen LogP contribution in [0.3, 0.4) is 0 Å². The lowest BCUT2D eigenvalue weighted by atomic mass is 9.70. The molecule has 0 spiro atoms. The molecule has 21 heavy (non-hydrogen) atoms. The van der Waals surface area contributed by atoms with Gasteiger partial charge in [-0.3, -0.25) is 0 Å². The van der Waals surface area contributed by atoms with Crippen LogP contribution >= 0.6 is 11.6 Å². The van der Waals surface area contributed by atoms with Crippen molar-refractivity contribution in [1.82, 2.24) is 5.32 Å². The first-order valence-electron chi connectivity index (χ1n) is 8.19. The molecule has 1 N–H and O–H groups in total. The summed E-state index contributed by atoms with van der Waals surface area (Å²) < 4.78 is 14.3. The Bertz CT molecular complexity index is 461. The van der Waals surface area contributed by atoms with E-state index < -0.39 is 0 Å². The van der Waals surface area contributed by atoms with E-state index in [1.165, 1.54) is 25.3 Å². The maximum atomic E-state index is 14.3. The summed E-state index contributed by atoms with van der Waals surface area (Å²) in [7, 11) is 0. The smallest absolute Gasteiger partial charge is 0.128 e. The Morgan fingerprint density at radius 1 is 1.33 bits per heavy atom. The maximum absolute atomic E-state index is 14.3. The summed E-state index contributed by atoms with van der Waals surface area (Å²) >= 11 is 5.90. The van der Waals surface area contributed by atoms with E-state index in [1.54, 1.807) is 0 Å². The highest BCUT2D eigenvalue weighted by molar-refractivity contribution is 6.30. The van der Waals surface area contributed by atoms with E-state index in [2.05, 4.69) is 26.1 Å². The van der Waals surface area contributed by atoms with Crippen LogP contribution < -0.4 is 5.32 Å². The van der Waals surface area contributed by atoms with Gasteiger partial charge in [0.05, 0.1) is 0 Å². The quantitative estimate of drug-likeness (QED) is 0.769. The largest absolute Gasteiger partial charge is 0.314 e. The second-order valence-corrected chi connectivity index (χ2v) is 7.12. The van der Waals surface area contributed by atoms with Gasteiger partial charge in [-0.15, -0.1) is 0 Å². The van der Waals surface area contributed by atoms with Gasteiger partial charge in [0.25, 0.3) is 0 Å². The van der Waals surface area contributed by atoms with Crippen LogP contribution in [-0.4, -0.2) is 12.6 Å². The van der Waals surface area contributed by atoms with Crippen LogP contribution in [0.4, 0.5) is 4.39 Å². The first-order valence-corrected chi connectivity index (χ1v) is 8.57. The minimum atomic E-state index is -0.140. The first kappa shape index (κ1) is 16.8. The number of nitrogens with one attached hydrogen (secondary N) is 1. The third-order valence-electron chi connectivity index (χ3n) is 4.83. The second-order valence-electron chi connectivity index (χ2n) is 6.68. The molecule has 3 atom stereocenters. The lowest BCUT2D eigenvalue weighted by molar-refractivity contribution is 0.219. The molecule has 3 heteroatoms. The zero-order valence-electron chi connectivity index (χ0n) is 13.3. The van der Waals surface area contributed by atoms with Crippen LogP contribution in [0.2, 0.25) is 5.02 Å². The van der Waals surface area contributed by atoms with Crippen LogP contribution in [0.25, 0.3) is 0 Å². The van der Waals surface area contributed by atoms with Crippen molar-refractivity contribution in [2.75, 3.05) is 6.54 Å². The van der Waals surface area contributed by atoms with Gasteiger partial charge in [0.1, 0.15) is 5.82 Å². The number of benzene rings is 1. The van der Waals surface area contributed by atoms with Gasteiger partial charge >= 0.3 is 0 Å². The minimum absolute atomic E-state index is 0.140. The Kier molecular flexibility index (Phi) is 6.07. The van der Waals surface area contributed by atoms with Crippen molar-refractivity contribution in [2.24, 2.45) is 11.8 Å². The summed E-state index contributed by atoms with van der Waals surface area (Å²) in [5.74, 6) is 1.41.